The van der Waals surface area contributed by atoms with Crippen molar-refractivity contribution in [3.63, 3.8) is 0 Å². The predicted octanol–water partition coefficient (Wildman–Crippen LogP) is 1.51. The van der Waals surface area contributed by atoms with Crippen molar-refractivity contribution in [1.29, 1.82) is 0 Å². The molecule has 0 saturated carbocycles. The van der Waals surface area contributed by atoms with Gasteiger partial charge in [-0.25, -0.2) is 14.8 Å². The summed E-state index contributed by atoms with van der Waals surface area (Å²) in [5.74, 6) is 1.27. The van der Waals surface area contributed by atoms with Crippen molar-refractivity contribution >= 4 is 30.0 Å². The zero-order valence-electron chi connectivity index (χ0n) is 12.1. The van der Waals surface area contributed by atoms with E-state index in [1.54, 1.807) is 18.2 Å². The number of ether oxygens (including phenoxy) is 1. The Labute approximate surface area is 131 Å². The van der Waals surface area contributed by atoms with Crippen LogP contribution in [-0.4, -0.2) is 28.3 Å². The standard InChI is InChI=1S/C14H13N5O4/c1-9(21)18-13-6-10(4-5-15-13)23-11-2-3-12(16-7-11)19-14(22)17-8-20/h2-8H,1H3,(H,15,18,21)(H2,16,17,19,20,22). The van der Waals surface area contributed by atoms with Crippen molar-refractivity contribution in [3.05, 3.63) is 36.7 Å². The van der Waals surface area contributed by atoms with Gasteiger partial charge in [0, 0.05) is 19.2 Å². The number of imide groups is 1. The lowest BCUT2D eigenvalue weighted by atomic mass is 10.4. The minimum atomic E-state index is -0.685. The zero-order valence-corrected chi connectivity index (χ0v) is 12.1. The zero-order chi connectivity index (χ0) is 16.7. The second-order valence-electron chi connectivity index (χ2n) is 4.26. The van der Waals surface area contributed by atoms with Crippen molar-refractivity contribution in [1.82, 2.24) is 15.3 Å². The van der Waals surface area contributed by atoms with Crippen LogP contribution >= 0.6 is 0 Å². The third-order valence-electron chi connectivity index (χ3n) is 2.44. The van der Waals surface area contributed by atoms with Gasteiger partial charge in [0.15, 0.2) is 0 Å². The lowest BCUT2D eigenvalue weighted by molar-refractivity contribution is -0.114. The van der Waals surface area contributed by atoms with E-state index in [0.717, 1.165) is 0 Å². The maximum Gasteiger partial charge on any atom is 0.326 e. The molecule has 2 aromatic heterocycles. The number of pyridine rings is 2. The van der Waals surface area contributed by atoms with E-state index in [1.807, 2.05) is 5.32 Å². The van der Waals surface area contributed by atoms with Gasteiger partial charge in [0.2, 0.25) is 12.3 Å². The van der Waals surface area contributed by atoms with Gasteiger partial charge >= 0.3 is 6.03 Å². The van der Waals surface area contributed by atoms with Crippen LogP contribution in [0.3, 0.4) is 0 Å². The lowest BCUT2D eigenvalue weighted by Gasteiger charge is -2.08. The number of nitrogens with zero attached hydrogens (tertiary/aromatic N) is 2. The summed E-state index contributed by atoms with van der Waals surface area (Å²) in [6.07, 6.45) is 3.16. The Morgan fingerprint density at radius 2 is 1.91 bits per heavy atom. The van der Waals surface area contributed by atoms with Gasteiger partial charge in [0.1, 0.15) is 23.1 Å². The number of urea groups is 1. The van der Waals surface area contributed by atoms with Crippen LogP contribution in [0.4, 0.5) is 16.4 Å². The molecule has 4 amide bonds. The molecule has 0 saturated heterocycles. The fourth-order valence-electron chi connectivity index (χ4n) is 1.58. The van der Waals surface area contributed by atoms with Gasteiger partial charge in [-0.2, -0.15) is 0 Å². The molecule has 118 valence electrons. The van der Waals surface area contributed by atoms with Crippen molar-refractivity contribution in [2.75, 3.05) is 10.6 Å². The number of nitrogens with one attached hydrogen (secondary N) is 3. The number of hydrogen-bond donors (Lipinski definition) is 3. The maximum absolute atomic E-state index is 11.1. The smallest absolute Gasteiger partial charge is 0.326 e. The van der Waals surface area contributed by atoms with Gasteiger partial charge in [-0.15, -0.1) is 0 Å². The molecule has 23 heavy (non-hydrogen) atoms. The highest BCUT2D eigenvalue weighted by atomic mass is 16.5. The topological polar surface area (TPSA) is 122 Å². The highest BCUT2D eigenvalue weighted by Crippen LogP contribution is 2.23. The van der Waals surface area contributed by atoms with E-state index >= 15 is 0 Å². The molecule has 0 unspecified atom stereocenters. The van der Waals surface area contributed by atoms with Gasteiger partial charge in [-0.05, 0) is 18.2 Å². The first-order chi connectivity index (χ1) is 11.1. The number of hydrogen-bond acceptors (Lipinski definition) is 6. The van der Waals surface area contributed by atoms with Gasteiger partial charge in [-0.1, -0.05) is 0 Å². The fraction of sp³-hybridized carbons (Fsp3) is 0.0714. The maximum atomic E-state index is 11.1. The van der Waals surface area contributed by atoms with Gasteiger partial charge in [0.25, 0.3) is 0 Å². The summed E-state index contributed by atoms with van der Waals surface area (Å²) in [7, 11) is 0. The molecule has 0 aliphatic carbocycles. The van der Waals surface area contributed by atoms with Crippen LogP contribution < -0.4 is 20.7 Å². The largest absolute Gasteiger partial charge is 0.456 e. The predicted molar refractivity (Wildman–Crippen MR) is 81.1 cm³/mol. The highest BCUT2D eigenvalue weighted by Gasteiger charge is 2.04. The second-order valence-corrected chi connectivity index (χ2v) is 4.26. The van der Waals surface area contributed by atoms with Crippen LogP contribution in [0, 0.1) is 0 Å². The number of rotatable bonds is 5. The Morgan fingerprint density at radius 3 is 2.57 bits per heavy atom. The van der Waals surface area contributed by atoms with E-state index in [2.05, 4.69) is 20.6 Å². The first-order valence-electron chi connectivity index (χ1n) is 6.45. The van der Waals surface area contributed by atoms with Crippen molar-refractivity contribution in [3.8, 4) is 11.5 Å². The van der Waals surface area contributed by atoms with E-state index in [9.17, 15) is 14.4 Å². The van der Waals surface area contributed by atoms with Crippen LogP contribution in [0.15, 0.2) is 36.7 Å². The molecule has 0 aliphatic heterocycles. The van der Waals surface area contributed by atoms with Crippen LogP contribution in [0.2, 0.25) is 0 Å². The molecule has 9 nitrogen and oxygen atoms in total. The van der Waals surface area contributed by atoms with Crippen LogP contribution in [-0.2, 0) is 9.59 Å². The third-order valence-corrected chi connectivity index (χ3v) is 2.44. The number of aromatic nitrogens is 2. The number of carbonyl (C=O) groups is 3. The van der Waals surface area contributed by atoms with E-state index in [1.165, 1.54) is 25.4 Å². The molecule has 0 spiro atoms. The molecule has 0 bridgehead atoms. The van der Waals surface area contributed by atoms with Crippen molar-refractivity contribution in [2.45, 2.75) is 6.92 Å². The Morgan fingerprint density at radius 1 is 1.09 bits per heavy atom. The Balaban J connectivity index is 2.02. The first-order valence-corrected chi connectivity index (χ1v) is 6.45. The molecule has 0 aromatic carbocycles. The number of anilines is 2. The van der Waals surface area contributed by atoms with Gasteiger partial charge in [-0.3, -0.25) is 20.2 Å². The van der Waals surface area contributed by atoms with Crippen LogP contribution in [0.5, 0.6) is 11.5 Å². The summed E-state index contributed by atoms with van der Waals surface area (Å²) < 4.78 is 5.57. The van der Waals surface area contributed by atoms with E-state index in [0.29, 0.717) is 17.3 Å². The highest BCUT2D eigenvalue weighted by molar-refractivity contribution is 5.94. The summed E-state index contributed by atoms with van der Waals surface area (Å²) in [5.41, 5.74) is 0. The number of carbonyl (C=O) groups excluding carboxylic acids is 3. The number of amides is 4. The third kappa shape index (κ3) is 5.08. The van der Waals surface area contributed by atoms with Crippen LogP contribution in [0.25, 0.3) is 0 Å². The minimum Gasteiger partial charge on any atom is -0.456 e. The summed E-state index contributed by atoms with van der Waals surface area (Å²) in [6.45, 7) is 1.38. The average molecular weight is 315 g/mol. The van der Waals surface area contributed by atoms with Gasteiger partial charge < -0.3 is 10.1 Å². The molecule has 0 atom stereocenters. The first kappa shape index (κ1) is 15.9. The Hall–Kier alpha value is -3.49. The minimum absolute atomic E-state index is 0.236. The molecule has 0 radical (unpaired) electrons. The normalized spacial score (nSPS) is 9.61. The monoisotopic (exact) mass is 315 g/mol. The molecule has 3 N–H and O–H groups in total. The van der Waals surface area contributed by atoms with Crippen molar-refractivity contribution < 1.29 is 19.1 Å². The molecular weight excluding hydrogens is 302 g/mol. The molecule has 2 aromatic rings. The summed E-state index contributed by atoms with van der Waals surface area (Å²) in [5, 5.41) is 6.83. The average Bonchev–Trinajstić information content (AvgIpc) is 2.49. The van der Waals surface area contributed by atoms with Crippen LogP contribution in [0.1, 0.15) is 6.92 Å². The van der Waals surface area contributed by atoms with E-state index in [4.69, 9.17) is 4.74 Å². The summed E-state index contributed by atoms with van der Waals surface area (Å²) in [4.78, 5) is 40.2. The summed E-state index contributed by atoms with van der Waals surface area (Å²) >= 11 is 0. The molecule has 2 rings (SSSR count). The Kier molecular flexibility index (Phi) is 5.18. The summed E-state index contributed by atoms with van der Waals surface area (Å²) in [6, 6.07) is 5.59. The molecular formula is C14H13N5O4. The SMILES string of the molecule is CC(=O)Nc1cc(Oc2ccc(NC(=O)NC=O)nc2)ccn1. The molecule has 9 heteroatoms. The quantitative estimate of drug-likeness (QED) is 0.719. The molecule has 0 fully saturated rings. The lowest BCUT2D eigenvalue weighted by Crippen LogP contribution is -2.27. The van der Waals surface area contributed by atoms with Crippen molar-refractivity contribution in [2.24, 2.45) is 0 Å². The second kappa shape index (κ2) is 7.50. The van der Waals surface area contributed by atoms with Gasteiger partial charge in [0.05, 0.1) is 6.20 Å². The molecule has 2 heterocycles. The van der Waals surface area contributed by atoms with E-state index in [-0.39, 0.29) is 18.1 Å². The fourth-order valence-corrected chi connectivity index (χ4v) is 1.58. The van der Waals surface area contributed by atoms with E-state index < -0.39 is 6.03 Å². The Bertz CT molecular complexity index is 717. The molecule has 0 aliphatic rings.